The number of nitrogens with zero attached hydrogens (tertiary/aromatic N) is 2. The topological polar surface area (TPSA) is 84.0 Å². The average molecular weight is 358 g/mol. The predicted molar refractivity (Wildman–Crippen MR) is 101 cm³/mol. The highest BCUT2D eigenvalue weighted by molar-refractivity contribution is 8.00. The number of carbonyl (C=O) groups excluding carboxylic acids is 2. The van der Waals surface area contributed by atoms with Crippen LogP contribution in [0.15, 0.2) is 35.5 Å². The first kappa shape index (κ1) is 18.9. The van der Waals surface area contributed by atoms with Crippen LogP contribution >= 0.6 is 11.8 Å². The summed E-state index contributed by atoms with van der Waals surface area (Å²) >= 11 is 1.36. The van der Waals surface area contributed by atoms with Crippen LogP contribution in [0.2, 0.25) is 0 Å². The minimum absolute atomic E-state index is 0.0949. The molecule has 6 nitrogen and oxygen atoms in total. The molecule has 0 saturated carbocycles. The predicted octanol–water partition coefficient (Wildman–Crippen LogP) is 3.56. The number of anilines is 2. The highest BCUT2D eigenvalue weighted by Gasteiger charge is 2.20. The summed E-state index contributed by atoms with van der Waals surface area (Å²) in [6.07, 6.45) is 0.664. The summed E-state index contributed by atoms with van der Waals surface area (Å²) < 4.78 is 0. The summed E-state index contributed by atoms with van der Waals surface area (Å²) in [6.45, 7) is 7.24. The van der Waals surface area contributed by atoms with E-state index in [0.717, 1.165) is 11.4 Å². The molecule has 0 unspecified atom stereocenters. The summed E-state index contributed by atoms with van der Waals surface area (Å²) in [7, 11) is 0. The maximum Gasteiger partial charge on any atom is 0.237 e. The van der Waals surface area contributed by atoms with Gasteiger partial charge in [-0.3, -0.25) is 9.59 Å². The quantitative estimate of drug-likeness (QED) is 0.609. The van der Waals surface area contributed by atoms with E-state index in [-0.39, 0.29) is 17.1 Å². The van der Waals surface area contributed by atoms with Gasteiger partial charge in [-0.15, -0.1) is 0 Å². The SMILES string of the molecule is CC[C@H](Sc1nc(C)cc(C)n1)C(=O)Nc1ccc(NC(C)=O)cc1. The van der Waals surface area contributed by atoms with Gasteiger partial charge >= 0.3 is 0 Å². The Morgan fingerprint density at radius 1 is 1.04 bits per heavy atom. The molecule has 2 rings (SSSR count). The molecule has 2 aromatic rings. The normalized spacial score (nSPS) is 11.7. The fraction of sp³-hybridized carbons (Fsp3) is 0.333. The average Bonchev–Trinajstić information content (AvgIpc) is 2.53. The maximum atomic E-state index is 12.5. The number of hydrogen-bond acceptors (Lipinski definition) is 5. The van der Waals surface area contributed by atoms with Gasteiger partial charge in [0.15, 0.2) is 5.16 Å². The summed E-state index contributed by atoms with van der Waals surface area (Å²) in [6, 6.07) is 8.92. The van der Waals surface area contributed by atoms with Gasteiger partial charge in [0.25, 0.3) is 0 Å². The second-order valence-electron chi connectivity index (χ2n) is 5.70. The van der Waals surface area contributed by atoms with Gasteiger partial charge < -0.3 is 10.6 Å². The molecule has 0 fully saturated rings. The molecule has 7 heteroatoms. The van der Waals surface area contributed by atoms with Crippen LogP contribution in [0.4, 0.5) is 11.4 Å². The van der Waals surface area contributed by atoms with Gasteiger partial charge in [0.1, 0.15) is 0 Å². The summed E-state index contributed by atoms with van der Waals surface area (Å²) in [5.41, 5.74) is 3.15. The molecule has 0 spiro atoms. The first-order valence-electron chi connectivity index (χ1n) is 8.05. The number of rotatable bonds is 6. The van der Waals surface area contributed by atoms with Gasteiger partial charge in [0.05, 0.1) is 5.25 Å². The summed E-state index contributed by atoms with van der Waals surface area (Å²) in [4.78, 5) is 32.3. The number of aryl methyl sites for hydroxylation is 2. The van der Waals surface area contributed by atoms with Crippen LogP contribution in [0, 0.1) is 13.8 Å². The molecule has 2 amide bonds. The maximum absolute atomic E-state index is 12.5. The molecule has 0 aliphatic heterocycles. The monoisotopic (exact) mass is 358 g/mol. The molecule has 1 heterocycles. The lowest BCUT2D eigenvalue weighted by atomic mass is 10.2. The Hall–Kier alpha value is -2.41. The Morgan fingerprint density at radius 2 is 1.56 bits per heavy atom. The first-order chi connectivity index (χ1) is 11.9. The largest absolute Gasteiger partial charge is 0.326 e. The van der Waals surface area contributed by atoms with Crippen LogP contribution in [0.25, 0.3) is 0 Å². The third-order valence-electron chi connectivity index (χ3n) is 3.35. The summed E-state index contributed by atoms with van der Waals surface area (Å²) in [5, 5.41) is 5.92. The van der Waals surface area contributed by atoms with Gasteiger partial charge in [0, 0.05) is 29.7 Å². The van der Waals surface area contributed by atoms with Crippen molar-refractivity contribution >= 4 is 35.0 Å². The van der Waals surface area contributed by atoms with Crippen molar-refractivity contribution in [2.75, 3.05) is 10.6 Å². The van der Waals surface area contributed by atoms with Crippen molar-refractivity contribution in [3.63, 3.8) is 0 Å². The van der Waals surface area contributed by atoms with Gasteiger partial charge in [0.2, 0.25) is 11.8 Å². The molecule has 1 aromatic heterocycles. The molecule has 0 radical (unpaired) electrons. The number of thioether (sulfide) groups is 1. The number of nitrogens with one attached hydrogen (secondary N) is 2. The Morgan fingerprint density at radius 3 is 2.04 bits per heavy atom. The van der Waals surface area contributed by atoms with E-state index in [2.05, 4.69) is 20.6 Å². The van der Waals surface area contributed by atoms with Crippen molar-refractivity contribution < 1.29 is 9.59 Å². The highest BCUT2D eigenvalue weighted by atomic mass is 32.2. The van der Waals surface area contributed by atoms with E-state index in [9.17, 15) is 9.59 Å². The second-order valence-corrected chi connectivity index (χ2v) is 6.87. The third kappa shape index (κ3) is 5.86. The molecule has 0 bridgehead atoms. The van der Waals surface area contributed by atoms with Crippen LogP contribution in [-0.4, -0.2) is 27.0 Å². The van der Waals surface area contributed by atoms with Crippen molar-refractivity contribution in [3.8, 4) is 0 Å². The Bertz CT molecular complexity index is 742. The molecule has 1 atom stereocenters. The molecule has 25 heavy (non-hydrogen) atoms. The molecule has 1 aromatic carbocycles. The Balaban J connectivity index is 2.02. The first-order valence-corrected chi connectivity index (χ1v) is 8.92. The van der Waals surface area contributed by atoms with E-state index in [1.807, 2.05) is 26.8 Å². The minimum atomic E-state index is -0.281. The van der Waals surface area contributed by atoms with E-state index in [1.165, 1.54) is 18.7 Å². The van der Waals surface area contributed by atoms with Crippen LogP contribution in [0.3, 0.4) is 0 Å². The van der Waals surface area contributed by atoms with Crippen molar-refractivity contribution in [1.82, 2.24) is 9.97 Å². The van der Waals surface area contributed by atoms with Gasteiger partial charge in [-0.1, -0.05) is 18.7 Å². The fourth-order valence-electron chi connectivity index (χ4n) is 2.26. The molecular formula is C18H22N4O2S. The standard InChI is InChI=1S/C18H22N4O2S/c1-5-16(25-18-19-11(2)10-12(3)20-18)17(24)22-15-8-6-14(7-9-15)21-13(4)23/h6-10,16H,5H2,1-4H3,(H,21,23)(H,22,24)/t16-/m0/s1. The number of carbonyl (C=O) groups is 2. The van der Waals surface area contributed by atoms with E-state index in [0.29, 0.717) is 23.0 Å². The zero-order valence-electron chi connectivity index (χ0n) is 14.8. The van der Waals surface area contributed by atoms with Crippen molar-refractivity contribution in [2.24, 2.45) is 0 Å². The van der Waals surface area contributed by atoms with Crippen molar-refractivity contribution in [2.45, 2.75) is 44.5 Å². The molecule has 0 aliphatic rings. The Labute approximate surface area is 151 Å². The third-order valence-corrected chi connectivity index (χ3v) is 4.57. The molecular weight excluding hydrogens is 336 g/mol. The van der Waals surface area contributed by atoms with E-state index in [4.69, 9.17) is 0 Å². The second kappa shape index (κ2) is 8.62. The highest BCUT2D eigenvalue weighted by Crippen LogP contribution is 2.24. The van der Waals surface area contributed by atoms with Crippen LogP contribution in [-0.2, 0) is 9.59 Å². The molecule has 132 valence electrons. The summed E-state index contributed by atoms with van der Waals surface area (Å²) in [5.74, 6) is -0.227. The van der Waals surface area contributed by atoms with Gasteiger partial charge in [-0.25, -0.2) is 9.97 Å². The van der Waals surface area contributed by atoms with Crippen molar-refractivity contribution in [1.29, 1.82) is 0 Å². The van der Waals surface area contributed by atoms with Crippen LogP contribution in [0.1, 0.15) is 31.7 Å². The van der Waals surface area contributed by atoms with E-state index < -0.39 is 0 Å². The molecule has 0 saturated heterocycles. The zero-order chi connectivity index (χ0) is 18.4. The van der Waals surface area contributed by atoms with E-state index >= 15 is 0 Å². The number of benzene rings is 1. The van der Waals surface area contributed by atoms with Gasteiger partial charge in [-0.05, 0) is 50.6 Å². The van der Waals surface area contributed by atoms with Crippen LogP contribution < -0.4 is 10.6 Å². The lowest BCUT2D eigenvalue weighted by Crippen LogP contribution is -2.25. The van der Waals surface area contributed by atoms with Crippen LogP contribution in [0.5, 0.6) is 0 Å². The molecule has 2 N–H and O–H groups in total. The number of amides is 2. The lowest BCUT2D eigenvalue weighted by molar-refractivity contribution is -0.116. The zero-order valence-corrected chi connectivity index (χ0v) is 15.6. The molecule has 0 aliphatic carbocycles. The number of hydrogen-bond donors (Lipinski definition) is 2. The lowest BCUT2D eigenvalue weighted by Gasteiger charge is -2.14. The number of aromatic nitrogens is 2. The van der Waals surface area contributed by atoms with Crippen molar-refractivity contribution in [3.05, 3.63) is 41.7 Å². The van der Waals surface area contributed by atoms with E-state index in [1.54, 1.807) is 24.3 Å². The van der Waals surface area contributed by atoms with Gasteiger partial charge in [-0.2, -0.15) is 0 Å². The Kier molecular flexibility index (Phi) is 6.52. The smallest absolute Gasteiger partial charge is 0.237 e. The fourth-order valence-corrected chi connectivity index (χ4v) is 3.24. The minimum Gasteiger partial charge on any atom is -0.326 e.